The van der Waals surface area contributed by atoms with E-state index in [2.05, 4.69) is 11.9 Å². The van der Waals surface area contributed by atoms with E-state index in [0.717, 1.165) is 12.3 Å². The minimum Gasteiger partial charge on any atom is -0.306 e. The summed E-state index contributed by atoms with van der Waals surface area (Å²) >= 11 is 0. The van der Waals surface area contributed by atoms with Crippen molar-refractivity contribution in [3.05, 3.63) is 0 Å². The van der Waals surface area contributed by atoms with Crippen LogP contribution in [0.3, 0.4) is 0 Å². The molecule has 1 heterocycles. The van der Waals surface area contributed by atoms with Crippen molar-refractivity contribution in [1.29, 1.82) is 0 Å². The van der Waals surface area contributed by atoms with Crippen molar-refractivity contribution in [2.45, 2.75) is 32.6 Å². The molecule has 0 amide bonds. The second-order valence-electron chi connectivity index (χ2n) is 4.97. The number of ketones is 1. The van der Waals surface area contributed by atoms with Crippen molar-refractivity contribution in [2.24, 2.45) is 11.3 Å². The molecular weight excluding hydrogens is 162 g/mol. The summed E-state index contributed by atoms with van der Waals surface area (Å²) in [7, 11) is 2.19. The first-order valence-corrected chi connectivity index (χ1v) is 5.30. The van der Waals surface area contributed by atoms with Crippen LogP contribution in [0.4, 0.5) is 0 Å². The van der Waals surface area contributed by atoms with Gasteiger partial charge >= 0.3 is 0 Å². The molecule has 1 aliphatic heterocycles. The minimum absolute atomic E-state index is 0.376. The molecule has 1 saturated carbocycles. The van der Waals surface area contributed by atoms with E-state index in [-0.39, 0.29) is 0 Å². The van der Waals surface area contributed by atoms with E-state index in [1.54, 1.807) is 6.92 Å². The number of Topliss-reactive ketones (excluding diaryl/α,β-unsaturated/α-hetero) is 1. The molecular formula is C11H19NO. The van der Waals surface area contributed by atoms with Crippen LogP contribution in [-0.2, 0) is 4.79 Å². The summed E-state index contributed by atoms with van der Waals surface area (Å²) in [6, 6.07) is 0. The molecule has 2 aliphatic rings. The molecule has 2 nitrogen and oxygen atoms in total. The maximum absolute atomic E-state index is 11.0. The molecule has 0 N–H and O–H groups in total. The van der Waals surface area contributed by atoms with Gasteiger partial charge in [-0.05, 0) is 57.7 Å². The maximum Gasteiger partial charge on any atom is 0.130 e. The average Bonchev–Trinajstić information content (AvgIpc) is 2.70. The molecule has 2 rings (SSSR count). The van der Waals surface area contributed by atoms with Crippen molar-refractivity contribution in [1.82, 2.24) is 4.90 Å². The third-order valence-electron chi connectivity index (χ3n) is 3.88. The first-order valence-electron chi connectivity index (χ1n) is 5.30. The number of rotatable bonds is 2. The average molecular weight is 181 g/mol. The molecule has 0 aromatic heterocycles. The first kappa shape index (κ1) is 9.20. The summed E-state index contributed by atoms with van der Waals surface area (Å²) < 4.78 is 0. The summed E-state index contributed by atoms with van der Waals surface area (Å²) in [5.74, 6) is 1.11. The zero-order valence-electron chi connectivity index (χ0n) is 8.68. The zero-order valence-corrected chi connectivity index (χ0v) is 8.68. The smallest absolute Gasteiger partial charge is 0.130 e. The van der Waals surface area contributed by atoms with Crippen LogP contribution in [0.25, 0.3) is 0 Å². The summed E-state index contributed by atoms with van der Waals surface area (Å²) in [6.07, 6.45) is 4.80. The number of hydrogen-bond acceptors (Lipinski definition) is 2. The van der Waals surface area contributed by atoms with Crippen LogP contribution >= 0.6 is 0 Å². The first-order chi connectivity index (χ1) is 6.12. The number of likely N-dealkylation sites (tertiary alicyclic amines) is 1. The maximum atomic E-state index is 11.0. The second kappa shape index (κ2) is 3.09. The number of nitrogens with zero attached hydrogens (tertiary/aromatic N) is 1. The lowest BCUT2D eigenvalue weighted by Crippen LogP contribution is -2.32. The van der Waals surface area contributed by atoms with Crippen LogP contribution in [0.5, 0.6) is 0 Å². The van der Waals surface area contributed by atoms with E-state index < -0.39 is 0 Å². The van der Waals surface area contributed by atoms with Gasteiger partial charge in [-0.1, -0.05) is 0 Å². The third kappa shape index (κ3) is 1.78. The summed E-state index contributed by atoms with van der Waals surface area (Å²) in [6.45, 7) is 4.18. The highest BCUT2D eigenvalue weighted by Gasteiger charge is 2.54. The number of piperidine rings is 1. The summed E-state index contributed by atoms with van der Waals surface area (Å²) in [5.41, 5.74) is 0.595. The van der Waals surface area contributed by atoms with Crippen molar-refractivity contribution in [3.63, 3.8) is 0 Å². The van der Waals surface area contributed by atoms with Crippen molar-refractivity contribution < 1.29 is 4.79 Å². The van der Waals surface area contributed by atoms with Crippen LogP contribution in [0, 0.1) is 11.3 Å². The summed E-state index contributed by atoms with van der Waals surface area (Å²) in [5, 5.41) is 0. The zero-order chi connectivity index (χ0) is 9.47. The highest BCUT2D eigenvalue weighted by atomic mass is 16.1. The Balaban J connectivity index is 1.85. The fourth-order valence-electron chi connectivity index (χ4n) is 2.74. The van der Waals surface area contributed by atoms with E-state index in [4.69, 9.17) is 0 Å². The molecule has 0 aromatic rings. The Kier molecular flexibility index (Phi) is 2.18. The predicted molar refractivity (Wildman–Crippen MR) is 52.6 cm³/mol. The molecule has 1 spiro atoms. The fourth-order valence-corrected chi connectivity index (χ4v) is 2.74. The van der Waals surface area contributed by atoms with Gasteiger partial charge in [0.1, 0.15) is 5.78 Å². The van der Waals surface area contributed by atoms with Gasteiger partial charge in [-0.2, -0.15) is 0 Å². The van der Waals surface area contributed by atoms with Crippen LogP contribution in [0.2, 0.25) is 0 Å². The minimum atomic E-state index is 0.376. The quantitative estimate of drug-likeness (QED) is 0.646. The van der Waals surface area contributed by atoms with Gasteiger partial charge in [0.25, 0.3) is 0 Å². The van der Waals surface area contributed by atoms with Crippen LogP contribution < -0.4 is 0 Å². The topological polar surface area (TPSA) is 20.3 Å². The van der Waals surface area contributed by atoms with Crippen LogP contribution in [0.15, 0.2) is 0 Å². The Morgan fingerprint density at radius 2 is 2.08 bits per heavy atom. The molecule has 1 saturated heterocycles. The number of carbonyl (C=O) groups is 1. The lowest BCUT2D eigenvalue weighted by Gasteiger charge is -2.29. The largest absolute Gasteiger partial charge is 0.306 e. The molecule has 1 unspecified atom stereocenters. The molecule has 1 aliphatic carbocycles. The normalized spacial score (nSPS) is 32.0. The van der Waals surface area contributed by atoms with E-state index >= 15 is 0 Å². The highest BCUT2D eigenvalue weighted by Crippen LogP contribution is 2.60. The predicted octanol–water partition coefficient (Wildman–Crippen LogP) is 1.70. The molecule has 2 fully saturated rings. The molecule has 13 heavy (non-hydrogen) atoms. The van der Waals surface area contributed by atoms with Gasteiger partial charge in [-0.15, -0.1) is 0 Å². The highest BCUT2D eigenvalue weighted by molar-refractivity contribution is 5.76. The van der Waals surface area contributed by atoms with E-state index in [9.17, 15) is 4.79 Å². The second-order valence-corrected chi connectivity index (χ2v) is 4.97. The molecule has 0 bridgehead atoms. The van der Waals surface area contributed by atoms with Gasteiger partial charge in [-0.25, -0.2) is 0 Å². The van der Waals surface area contributed by atoms with Gasteiger partial charge in [-0.3, -0.25) is 0 Å². The SMILES string of the molecule is CC(=O)CC1CC12CCN(C)CC2. The number of hydrogen-bond donors (Lipinski definition) is 0. The Labute approximate surface area is 80.3 Å². The van der Waals surface area contributed by atoms with Crippen molar-refractivity contribution >= 4 is 5.78 Å². The van der Waals surface area contributed by atoms with Gasteiger partial charge in [0, 0.05) is 6.42 Å². The molecule has 2 heteroatoms. The van der Waals surface area contributed by atoms with E-state index in [1.165, 1.54) is 32.4 Å². The lowest BCUT2D eigenvalue weighted by molar-refractivity contribution is -0.117. The third-order valence-corrected chi connectivity index (χ3v) is 3.88. The Bertz CT molecular complexity index is 216. The molecule has 0 aromatic carbocycles. The van der Waals surface area contributed by atoms with E-state index in [1.807, 2.05) is 0 Å². The Morgan fingerprint density at radius 1 is 1.46 bits per heavy atom. The monoisotopic (exact) mass is 181 g/mol. The number of carbonyl (C=O) groups excluding carboxylic acids is 1. The van der Waals surface area contributed by atoms with Crippen LogP contribution in [-0.4, -0.2) is 30.8 Å². The molecule has 0 radical (unpaired) electrons. The Morgan fingerprint density at radius 3 is 2.62 bits per heavy atom. The van der Waals surface area contributed by atoms with Gasteiger partial charge in [0.05, 0.1) is 0 Å². The van der Waals surface area contributed by atoms with Gasteiger partial charge in [0.15, 0.2) is 0 Å². The standard InChI is InChI=1S/C11H19NO/c1-9(13)7-10-8-11(10)3-5-12(2)6-4-11/h10H,3-8H2,1-2H3. The fraction of sp³-hybridized carbons (Fsp3) is 0.909. The van der Waals surface area contributed by atoms with Crippen LogP contribution in [0.1, 0.15) is 32.6 Å². The molecule has 74 valence electrons. The van der Waals surface area contributed by atoms with Gasteiger partial charge < -0.3 is 9.69 Å². The van der Waals surface area contributed by atoms with E-state index in [0.29, 0.717) is 11.2 Å². The van der Waals surface area contributed by atoms with Gasteiger partial charge in [0.2, 0.25) is 0 Å². The van der Waals surface area contributed by atoms with Crippen molar-refractivity contribution in [3.8, 4) is 0 Å². The Hall–Kier alpha value is -0.370. The lowest BCUT2D eigenvalue weighted by atomic mass is 9.90. The molecule has 1 atom stereocenters. The summed E-state index contributed by atoms with van der Waals surface area (Å²) in [4.78, 5) is 13.4. The van der Waals surface area contributed by atoms with Crippen molar-refractivity contribution in [2.75, 3.05) is 20.1 Å².